The van der Waals surface area contributed by atoms with Crippen LogP contribution in [0.5, 0.6) is 0 Å². The van der Waals surface area contributed by atoms with Crippen LogP contribution in [0.15, 0.2) is 194 Å². The lowest BCUT2D eigenvalue weighted by molar-refractivity contribution is 0.661. The Morgan fingerprint density at radius 1 is 0.370 bits per heavy atom. The van der Waals surface area contributed by atoms with E-state index in [1.165, 1.54) is 77.7 Å². The van der Waals surface area contributed by atoms with E-state index in [1.54, 1.807) is 0 Å². The van der Waals surface area contributed by atoms with Crippen LogP contribution in [-0.2, 0) is 10.8 Å². The van der Waals surface area contributed by atoms with E-state index in [-0.39, 0.29) is 5.41 Å². The number of hydrogen-bond donors (Lipinski definition) is 0. The summed E-state index contributed by atoms with van der Waals surface area (Å²) >= 11 is 0. The van der Waals surface area contributed by atoms with Crippen molar-refractivity contribution in [1.29, 1.82) is 0 Å². The van der Waals surface area contributed by atoms with Gasteiger partial charge in [0.1, 0.15) is 0 Å². The third-order valence-electron chi connectivity index (χ3n) is 12.3. The molecule has 0 unspecified atom stereocenters. The van der Waals surface area contributed by atoms with Gasteiger partial charge < -0.3 is 9.47 Å². The number of hydrogen-bond acceptors (Lipinski definition) is 1. The molecule has 0 saturated heterocycles. The zero-order valence-electron chi connectivity index (χ0n) is 30.4. The Labute approximate surface area is 316 Å². The highest BCUT2D eigenvalue weighted by molar-refractivity contribution is 6.11. The van der Waals surface area contributed by atoms with Gasteiger partial charge in [0.05, 0.1) is 27.8 Å². The first-order valence-corrected chi connectivity index (χ1v) is 18.9. The van der Waals surface area contributed by atoms with Crippen molar-refractivity contribution in [2.45, 2.75) is 24.7 Å². The Morgan fingerprint density at radius 2 is 0.889 bits per heavy atom. The predicted molar refractivity (Wildman–Crippen MR) is 225 cm³/mol. The number of benzene rings is 8. The Balaban J connectivity index is 1.10. The van der Waals surface area contributed by atoms with Crippen LogP contribution in [0.25, 0.3) is 38.6 Å². The Morgan fingerprint density at radius 3 is 1.54 bits per heavy atom. The van der Waals surface area contributed by atoms with Crippen LogP contribution in [0.2, 0.25) is 0 Å². The first-order valence-electron chi connectivity index (χ1n) is 18.9. The van der Waals surface area contributed by atoms with Crippen LogP contribution in [0.4, 0.5) is 17.1 Å². The van der Waals surface area contributed by atoms with Crippen molar-refractivity contribution >= 4 is 38.9 Å². The number of aromatic nitrogens is 1. The fourth-order valence-electron chi connectivity index (χ4n) is 9.88. The molecule has 54 heavy (non-hydrogen) atoms. The zero-order valence-corrected chi connectivity index (χ0v) is 30.4. The Kier molecular flexibility index (Phi) is 6.55. The summed E-state index contributed by atoms with van der Waals surface area (Å²) in [6, 6.07) is 71.8. The first kappa shape index (κ1) is 30.9. The molecule has 1 aliphatic carbocycles. The van der Waals surface area contributed by atoms with Crippen LogP contribution in [0, 0.1) is 0 Å². The average Bonchev–Trinajstić information content (AvgIpc) is 3.67. The quantitative estimate of drug-likeness (QED) is 0.178. The molecule has 0 amide bonds. The fourth-order valence-corrected chi connectivity index (χ4v) is 9.88. The van der Waals surface area contributed by atoms with Gasteiger partial charge in [-0.15, -0.1) is 0 Å². The van der Waals surface area contributed by atoms with Gasteiger partial charge in [0, 0.05) is 27.6 Å². The Bertz CT molecular complexity index is 2810. The summed E-state index contributed by atoms with van der Waals surface area (Å²) < 4.78 is 2.46. The summed E-state index contributed by atoms with van der Waals surface area (Å²) in [5, 5.41) is 2.57. The lowest BCUT2D eigenvalue weighted by atomic mass is 9.62. The van der Waals surface area contributed by atoms with E-state index < -0.39 is 5.41 Å². The number of para-hydroxylation sites is 3. The minimum atomic E-state index is -0.483. The van der Waals surface area contributed by atoms with Crippen LogP contribution in [-0.4, -0.2) is 4.57 Å². The van der Waals surface area contributed by atoms with E-state index in [2.05, 4.69) is 217 Å². The lowest BCUT2D eigenvalue weighted by Gasteiger charge is -2.46. The maximum Gasteiger partial charge on any atom is 0.0742 e. The van der Waals surface area contributed by atoms with Gasteiger partial charge in [-0.2, -0.15) is 0 Å². The van der Waals surface area contributed by atoms with Gasteiger partial charge in [0.2, 0.25) is 0 Å². The Hall–Kier alpha value is -6.64. The normalized spacial score (nSPS) is 14.7. The predicted octanol–water partition coefficient (Wildman–Crippen LogP) is 13.3. The summed E-state index contributed by atoms with van der Waals surface area (Å²) in [5.74, 6) is 0. The summed E-state index contributed by atoms with van der Waals surface area (Å²) in [6.07, 6.45) is 0. The van der Waals surface area contributed by atoms with Crippen molar-refractivity contribution in [3.05, 3.63) is 228 Å². The van der Waals surface area contributed by atoms with Crippen molar-refractivity contribution in [2.24, 2.45) is 0 Å². The molecule has 2 nitrogen and oxygen atoms in total. The standard InChI is InChI=1S/C52H38N2/c1-51(2)43-23-11-9-21-39(43)41-33-42-40-22-10-14-26-47(40)53(50(42)34-46(41)51)37-29-31-38(32-30-37)54-48-27-15-12-24-44(48)52(35-17-5-3-6-18-35,36-19-7-4-8-20-36)45-25-13-16-28-49(45)54/h3-34H,1-2H3. The summed E-state index contributed by atoms with van der Waals surface area (Å²) in [4.78, 5) is 2.46. The molecular formula is C52H38N2. The number of fused-ring (bicyclic) bond motifs is 8. The lowest BCUT2D eigenvalue weighted by Crippen LogP contribution is -2.37. The van der Waals surface area contributed by atoms with Crippen molar-refractivity contribution < 1.29 is 0 Å². The topological polar surface area (TPSA) is 8.17 Å². The van der Waals surface area contributed by atoms with Gasteiger partial charge in [0.15, 0.2) is 0 Å². The van der Waals surface area contributed by atoms with Crippen LogP contribution < -0.4 is 4.90 Å². The highest BCUT2D eigenvalue weighted by Crippen LogP contribution is 2.58. The van der Waals surface area contributed by atoms with Crippen LogP contribution in [0.3, 0.4) is 0 Å². The molecule has 1 aromatic heterocycles. The molecule has 256 valence electrons. The molecule has 0 N–H and O–H groups in total. The molecular weight excluding hydrogens is 653 g/mol. The minimum absolute atomic E-state index is 0.0744. The highest BCUT2D eigenvalue weighted by Gasteiger charge is 2.46. The maximum absolute atomic E-state index is 2.46. The highest BCUT2D eigenvalue weighted by atomic mass is 15.2. The molecule has 9 aromatic rings. The van der Waals surface area contributed by atoms with Gasteiger partial charge >= 0.3 is 0 Å². The molecule has 2 heterocycles. The monoisotopic (exact) mass is 690 g/mol. The van der Waals surface area contributed by atoms with E-state index in [1.807, 2.05) is 0 Å². The number of anilines is 3. The molecule has 0 saturated carbocycles. The SMILES string of the molecule is CC1(C)c2ccccc2-c2cc3c4ccccc4n(-c4ccc(N5c6ccccc6C(c6ccccc6)(c6ccccc6)c6ccccc65)cc4)c3cc21. The maximum atomic E-state index is 2.46. The van der Waals surface area contributed by atoms with Crippen LogP contribution >= 0.6 is 0 Å². The fraction of sp³-hybridized carbons (Fsp3) is 0.0769. The van der Waals surface area contributed by atoms with Crippen molar-refractivity contribution in [3.8, 4) is 16.8 Å². The molecule has 1 aliphatic heterocycles. The van der Waals surface area contributed by atoms with Gasteiger partial charge in [-0.3, -0.25) is 0 Å². The molecule has 0 spiro atoms. The second-order valence-electron chi connectivity index (χ2n) is 15.3. The summed E-state index contributed by atoms with van der Waals surface area (Å²) in [7, 11) is 0. The molecule has 0 bridgehead atoms. The van der Waals surface area contributed by atoms with Gasteiger partial charge in [-0.1, -0.05) is 153 Å². The van der Waals surface area contributed by atoms with E-state index in [0.717, 1.165) is 11.4 Å². The van der Waals surface area contributed by atoms with Crippen molar-refractivity contribution in [2.75, 3.05) is 4.90 Å². The molecule has 0 radical (unpaired) electrons. The second kappa shape index (κ2) is 11.4. The summed E-state index contributed by atoms with van der Waals surface area (Å²) in [6.45, 7) is 4.73. The number of nitrogens with zero attached hydrogens (tertiary/aromatic N) is 2. The van der Waals surface area contributed by atoms with Gasteiger partial charge in [0.25, 0.3) is 0 Å². The van der Waals surface area contributed by atoms with E-state index >= 15 is 0 Å². The largest absolute Gasteiger partial charge is 0.310 e. The molecule has 0 fully saturated rings. The van der Waals surface area contributed by atoms with Gasteiger partial charge in [-0.05, 0) is 99.1 Å². The second-order valence-corrected chi connectivity index (χ2v) is 15.3. The summed E-state index contributed by atoms with van der Waals surface area (Å²) in [5.41, 5.74) is 17.1. The van der Waals surface area contributed by atoms with Gasteiger partial charge in [-0.25, -0.2) is 0 Å². The third kappa shape index (κ3) is 4.11. The molecule has 0 atom stereocenters. The molecule has 2 heteroatoms. The molecule has 8 aromatic carbocycles. The van der Waals surface area contributed by atoms with E-state index in [0.29, 0.717) is 0 Å². The smallest absolute Gasteiger partial charge is 0.0742 e. The molecule has 2 aliphatic rings. The van der Waals surface area contributed by atoms with E-state index in [9.17, 15) is 0 Å². The first-order chi connectivity index (χ1) is 26.6. The van der Waals surface area contributed by atoms with E-state index in [4.69, 9.17) is 0 Å². The van der Waals surface area contributed by atoms with Crippen molar-refractivity contribution in [3.63, 3.8) is 0 Å². The average molecular weight is 691 g/mol. The van der Waals surface area contributed by atoms with Crippen LogP contribution in [0.1, 0.15) is 47.2 Å². The number of rotatable bonds is 4. The zero-order chi connectivity index (χ0) is 36.0. The third-order valence-corrected chi connectivity index (χ3v) is 12.3. The van der Waals surface area contributed by atoms with Crippen molar-refractivity contribution in [1.82, 2.24) is 4.57 Å². The molecule has 11 rings (SSSR count). The minimum Gasteiger partial charge on any atom is -0.310 e.